The highest BCUT2D eigenvalue weighted by Crippen LogP contribution is 2.03. The summed E-state index contributed by atoms with van der Waals surface area (Å²) in [7, 11) is 0. The van der Waals surface area contributed by atoms with Gasteiger partial charge in [-0.05, 0) is 25.1 Å². The van der Waals surface area contributed by atoms with Crippen LogP contribution < -0.4 is 5.73 Å². The average Bonchev–Trinajstić information content (AvgIpc) is 2.09. The normalized spacial score (nSPS) is 7.25. The number of hydrogen-bond donors (Lipinski definition) is 1. The Balaban J connectivity index is 0.000000561. The van der Waals surface area contributed by atoms with Gasteiger partial charge in [-0.15, -0.1) is 5.92 Å². The van der Waals surface area contributed by atoms with Crippen LogP contribution >= 0.6 is 0 Å². The minimum atomic E-state index is 0.764. The van der Waals surface area contributed by atoms with Crippen LogP contribution in [0.15, 0.2) is 24.3 Å². The molecule has 0 radical (unpaired) electrons. The Kier molecular flexibility index (Phi) is 5.55. The molecule has 0 atom stereocenters. The van der Waals surface area contributed by atoms with Gasteiger partial charge < -0.3 is 5.73 Å². The summed E-state index contributed by atoms with van der Waals surface area (Å²) in [6.07, 6.45) is 0. The lowest BCUT2D eigenvalue weighted by atomic mass is 10.2. The summed E-state index contributed by atoms with van der Waals surface area (Å²) >= 11 is 0. The van der Waals surface area contributed by atoms with Crippen molar-refractivity contribution in [2.75, 3.05) is 5.73 Å². The maximum Gasteiger partial charge on any atom is 0.0326 e. The molecule has 0 fully saturated rings. The van der Waals surface area contributed by atoms with Gasteiger partial charge >= 0.3 is 0 Å². The smallest absolute Gasteiger partial charge is 0.0326 e. The van der Waals surface area contributed by atoms with E-state index in [1.54, 1.807) is 0 Å². The lowest BCUT2D eigenvalue weighted by molar-refractivity contribution is 1.50. The van der Waals surface area contributed by atoms with Crippen LogP contribution in [0.3, 0.4) is 0 Å². The molecule has 64 valence electrons. The van der Waals surface area contributed by atoms with Crippen LogP contribution in [-0.4, -0.2) is 0 Å². The summed E-state index contributed by atoms with van der Waals surface area (Å²) < 4.78 is 0. The van der Waals surface area contributed by atoms with Crippen LogP contribution in [0.25, 0.3) is 0 Å². The van der Waals surface area contributed by atoms with E-state index >= 15 is 0 Å². The predicted octanol–water partition coefficient (Wildman–Crippen LogP) is 2.67. The fraction of sp³-hybridized carbons (Fsp3) is 0.273. The fourth-order valence-corrected chi connectivity index (χ4v) is 0.761. The van der Waals surface area contributed by atoms with E-state index in [9.17, 15) is 0 Å². The topological polar surface area (TPSA) is 26.0 Å². The highest BCUT2D eigenvalue weighted by atomic mass is 14.5. The Hall–Kier alpha value is -1.42. The van der Waals surface area contributed by atoms with Gasteiger partial charge in [0.2, 0.25) is 0 Å². The van der Waals surface area contributed by atoms with Crippen molar-refractivity contribution in [3.63, 3.8) is 0 Å². The van der Waals surface area contributed by atoms with Crippen molar-refractivity contribution in [3.05, 3.63) is 29.8 Å². The molecule has 0 unspecified atom stereocenters. The van der Waals surface area contributed by atoms with Gasteiger partial charge in [0.15, 0.2) is 0 Å². The molecule has 0 saturated heterocycles. The third-order valence-electron chi connectivity index (χ3n) is 1.16. The summed E-state index contributed by atoms with van der Waals surface area (Å²) in [5.41, 5.74) is 7.26. The maximum absolute atomic E-state index is 5.52. The van der Waals surface area contributed by atoms with Crippen molar-refractivity contribution in [2.45, 2.75) is 20.8 Å². The van der Waals surface area contributed by atoms with Crippen molar-refractivity contribution in [1.82, 2.24) is 0 Å². The van der Waals surface area contributed by atoms with Crippen LogP contribution in [0.4, 0.5) is 5.69 Å². The van der Waals surface area contributed by atoms with Crippen molar-refractivity contribution < 1.29 is 0 Å². The molecule has 0 aliphatic rings. The summed E-state index contributed by atoms with van der Waals surface area (Å²) in [5.74, 6) is 5.72. The Labute approximate surface area is 74.6 Å². The number of hydrogen-bond acceptors (Lipinski definition) is 1. The molecular weight excluding hydrogens is 146 g/mol. The monoisotopic (exact) mass is 161 g/mol. The molecular formula is C11H15N. The molecule has 1 heteroatoms. The molecule has 12 heavy (non-hydrogen) atoms. The molecule has 0 heterocycles. The number of nitrogen functional groups attached to an aromatic ring is 1. The fourth-order valence-electron chi connectivity index (χ4n) is 0.761. The lowest BCUT2D eigenvalue weighted by Gasteiger charge is -1.91. The Morgan fingerprint density at radius 3 is 2.42 bits per heavy atom. The molecule has 0 saturated carbocycles. The van der Waals surface area contributed by atoms with Crippen molar-refractivity contribution in [1.29, 1.82) is 0 Å². The van der Waals surface area contributed by atoms with Gasteiger partial charge in [0.05, 0.1) is 0 Å². The Bertz CT molecular complexity index is 279. The predicted molar refractivity (Wildman–Crippen MR) is 54.8 cm³/mol. The van der Waals surface area contributed by atoms with E-state index in [0.717, 1.165) is 11.3 Å². The van der Waals surface area contributed by atoms with Crippen molar-refractivity contribution >= 4 is 5.69 Å². The van der Waals surface area contributed by atoms with Crippen molar-refractivity contribution in [2.24, 2.45) is 0 Å². The molecule has 2 N–H and O–H groups in total. The molecule has 1 aromatic carbocycles. The molecule has 1 nitrogen and oxygen atoms in total. The lowest BCUT2D eigenvalue weighted by Crippen LogP contribution is -1.83. The molecule has 0 aliphatic heterocycles. The van der Waals surface area contributed by atoms with Crippen LogP contribution in [0.2, 0.25) is 0 Å². The highest BCUT2D eigenvalue weighted by Gasteiger charge is 1.84. The molecule has 0 aromatic heterocycles. The maximum atomic E-state index is 5.52. The van der Waals surface area contributed by atoms with Gasteiger partial charge in [0.1, 0.15) is 0 Å². The summed E-state index contributed by atoms with van der Waals surface area (Å²) in [6, 6.07) is 7.54. The first-order valence-electron chi connectivity index (χ1n) is 4.11. The zero-order valence-electron chi connectivity index (χ0n) is 7.89. The zero-order valence-corrected chi connectivity index (χ0v) is 7.89. The molecule has 0 spiro atoms. The van der Waals surface area contributed by atoms with Crippen LogP contribution in [0, 0.1) is 11.8 Å². The minimum Gasteiger partial charge on any atom is -0.399 e. The number of anilines is 1. The molecule has 1 rings (SSSR count). The molecule has 1 aromatic rings. The van der Waals surface area contributed by atoms with Crippen LogP contribution in [0.1, 0.15) is 26.3 Å². The van der Waals surface area contributed by atoms with E-state index in [0.29, 0.717) is 0 Å². The standard InChI is InChI=1S/C9H9N.C2H6/c1-2-4-8-5-3-6-9(10)7-8;1-2/h3,5-7H,10H2,1H3;1-2H3. The number of nitrogens with two attached hydrogens (primary N) is 1. The van der Waals surface area contributed by atoms with Gasteiger partial charge in [-0.2, -0.15) is 0 Å². The largest absolute Gasteiger partial charge is 0.399 e. The Morgan fingerprint density at radius 1 is 1.25 bits per heavy atom. The van der Waals surface area contributed by atoms with Gasteiger partial charge in [-0.3, -0.25) is 0 Å². The van der Waals surface area contributed by atoms with Crippen LogP contribution in [-0.2, 0) is 0 Å². The third kappa shape index (κ3) is 3.68. The van der Waals surface area contributed by atoms with Gasteiger partial charge in [-0.25, -0.2) is 0 Å². The highest BCUT2D eigenvalue weighted by molar-refractivity contribution is 5.46. The van der Waals surface area contributed by atoms with Crippen LogP contribution in [0.5, 0.6) is 0 Å². The second-order valence-electron chi connectivity index (χ2n) is 2.00. The van der Waals surface area contributed by atoms with E-state index in [1.165, 1.54) is 0 Å². The second-order valence-corrected chi connectivity index (χ2v) is 2.00. The first-order chi connectivity index (χ1) is 5.83. The van der Waals surface area contributed by atoms with Gasteiger partial charge in [-0.1, -0.05) is 25.8 Å². The summed E-state index contributed by atoms with van der Waals surface area (Å²) in [6.45, 7) is 5.81. The first kappa shape index (κ1) is 10.6. The molecule has 0 amide bonds. The quantitative estimate of drug-likeness (QED) is 0.459. The van der Waals surface area contributed by atoms with E-state index in [2.05, 4.69) is 11.8 Å². The summed E-state index contributed by atoms with van der Waals surface area (Å²) in [4.78, 5) is 0. The SMILES string of the molecule is CC.CC#Cc1cccc(N)c1. The van der Waals surface area contributed by atoms with Gasteiger partial charge in [0.25, 0.3) is 0 Å². The molecule has 0 aliphatic carbocycles. The van der Waals surface area contributed by atoms with E-state index in [1.807, 2.05) is 45.0 Å². The van der Waals surface area contributed by atoms with Crippen molar-refractivity contribution in [3.8, 4) is 11.8 Å². The van der Waals surface area contributed by atoms with Gasteiger partial charge in [0, 0.05) is 11.3 Å². The zero-order chi connectivity index (χ0) is 9.40. The Morgan fingerprint density at radius 2 is 1.92 bits per heavy atom. The summed E-state index contributed by atoms with van der Waals surface area (Å²) in [5, 5.41) is 0. The van der Waals surface area contributed by atoms with E-state index < -0.39 is 0 Å². The first-order valence-corrected chi connectivity index (χ1v) is 4.11. The van der Waals surface area contributed by atoms with E-state index in [-0.39, 0.29) is 0 Å². The number of benzene rings is 1. The number of rotatable bonds is 0. The minimum absolute atomic E-state index is 0.764. The average molecular weight is 161 g/mol. The second kappa shape index (κ2) is 6.30. The third-order valence-corrected chi connectivity index (χ3v) is 1.16. The molecule has 0 bridgehead atoms. The van der Waals surface area contributed by atoms with E-state index in [4.69, 9.17) is 5.73 Å².